The van der Waals surface area contributed by atoms with E-state index in [1.807, 2.05) is 6.08 Å². The van der Waals surface area contributed by atoms with Crippen LogP contribution in [-0.2, 0) is 9.53 Å². The number of piperidine rings is 3. The van der Waals surface area contributed by atoms with E-state index in [2.05, 4.69) is 4.90 Å². The van der Waals surface area contributed by atoms with Gasteiger partial charge in [-0.1, -0.05) is 17.7 Å². The molecule has 0 saturated carbocycles. The molecular weight excluding hydrogens is 300 g/mol. The van der Waals surface area contributed by atoms with Gasteiger partial charge in [-0.25, -0.2) is 8.78 Å². The largest absolute Gasteiger partial charge is 0.469 e. The van der Waals surface area contributed by atoms with Crippen molar-refractivity contribution < 1.29 is 18.3 Å². The molecule has 0 amide bonds. The highest BCUT2D eigenvalue weighted by Crippen LogP contribution is 2.50. The first kappa shape index (κ1) is 14.8. The van der Waals surface area contributed by atoms with E-state index in [1.165, 1.54) is 13.2 Å². The van der Waals surface area contributed by atoms with Crippen LogP contribution in [0.5, 0.6) is 0 Å². The Balaban J connectivity index is 1.69. The van der Waals surface area contributed by atoms with Gasteiger partial charge >= 0.3 is 5.97 Å². The Morgan fingerprint density at radius 1 is 1.30 bits per heavy atom. The molecular formula is C18H19F2NO2. The predicted octanol–water partition coefficient (Wildman–Crippen LogP) is 3.00. The zero-order valence-electron chi connectivity index (χ0n) is 13.0. The molecule has 3 nitrogen and oxygen atoms in total. The van der Waals surface area contributed by atoms with Gasteiger partial charge in [0.25, 0.3) is 0 Å². The number of benzene rings is 1. The Labute approximate surface area is 133 Å². The third-order valence-electron chi connectivity index (χ3n) is 5.68. The number of halogens is 2. The molecule has 4 bridgehead atoms. The second kappa shape index (κ2) is 5.41. The van der Waals surface area contributed by atoms with Gasteiger partial charge in [-0.2, -0.15) is 0 Å². The highest BCUT2D eigenvalue weighted by Gasteiger charge is 2.55. The summed E-state index contributed by atoms with van der Waals surface area (Å²) in [5.74, 6) is -1.82. The highest BCUT2D eigenvalue weighted by atomic mass is 19.2. The molecule has 5 rings (SSSR count). The van der Waals surface area contributed by atoms with Gasteiger partial charge in [0.2, 0.25) is 0 Å². The maximum Gasteiger partial charge on any atom is 0.310 e. The van der Waals surface area contributed by atoms with Gasteiger partial charge in [-0.3, -0.25) is 9.69 Å². The first-order chi connectivity index (χ1) is 11.1. The summed E-state index contributed by atoms with van der Waals surface area (Å²) in [5, 5.41) is 0. The molecule has 1 aromatic carbocycles. The molecule has 0 aliphatic carbocycles. The third-order valence-corrected chi connectivity index (χ3v) is 5.68. The van der Waals surface area contributed by atoms with E-state index in [0.717, 1.165) is 37.4 Å². The Hall–Kier alpha value is -1.75. The monoisotopic (exact) mass is 319 g/mol. The van der Waals surface area contributed by atoms with Crippen molar-refractivity contribution in [2.24, 2.45) is 11.8 Å². The molecule has 1 unspecified atom stereocenters. The van der Waals surface area contributed by atoms with Gasteiger partial charge in [-0.15, -0.1) is 0 Å². The maximum absolute atomic E-state index is 13.4. The first-order valence-electron chi connectivity index (χ1n) is 8.07. The standard InChI is InChI=1S/C18H19F2NO2/c1-23-18(22)17-13-8-12-3-5-16(17)21(12)9-11(13)6-10-2-4-14(19)15(20)7-10/h2,4,6-7,12-13,16-17H,3,5,8-9H2,1H3/b11-6+/t12-,13+,16+,17-/m0/s1. The number of nitrogens with zero attached hydrogens (tertiary/aromatic N) is 1. The van der Waals surface area contributed by atoms with Crippen LogP contribution in [0.2, 0.25) is 0 Å². The average molecular weight is 319 g/mol. The number of carbonyl (C=O) groups excluding carboxylic acids is 1. The zero-order valence-corrected chi connectivity index (χ0v) is 13.0. The van der Waals surface area contributed by atoms with Gasteiger partial charge in [-0.05, 0) is 42.9 Å². The molecule has 23 heavy (non-hydrogen) atoms. The van der Waals surface area contributed by atoms with Crippen molar-refractivity contribution in [3.8, 4) is 0 Å². The summed E-state index contributed by atoms with van der Waals surface area (Å²) in [4.78, 5) is 14.7. The highest BCUT2D eigenvalue weighted by molar-refractivity contribution is 5.75. The average Bonchev–Trinajstić information content (AvgIpc) is 2.85. The SMILES string of the molecule is COC(=O)[C@H]1[C@@H]2C[C@@H]3CC[C@H]1N3C/C2=C\c1ccc(F)c(F)c1. The lowest BCUT2D eigenvalue weighted by Crippen LogP contribution is -2.58. The zero-order chi connectivity index (χ0) is 16.1. The molecule has 4 heterocycles. The van der Waals surface area contributed by atoms with Crippen molar-refractivity contribution in [1.82, 2.24) is 4.90 Å². The summed E-state index contributed by atoms with van der Waals surface area (Å²) in [6, 6.07) is 4.75. The number of hydrogen-bond acceptors (Lipinski definition) is 3. The lowest BCUT2D eigenvalue weighted by atomic mass is 9.71. The molecule has 5 heteroatoms. The lowest BCUT2D eigenvalue weighted by molar-refractivity contribution is -0.153. The smallest absolute Gasteiger partial charge is 0.310 e. The summed E-state index contributed by atoms with van der Waals surface area (Å²) < 4.78 is 31.5. The van der Waals surface area contributed by atoms with E-state index in [4.69, 9.17) is 4.74 Å². The van der Waals surface area contributed by atoms with E-state index in [0.29, 0.717) is 11.6 Å². The summed E-state index contributed by atoms with van der Waals surface area (Å²) in [6.45, 7) is 0.812. The third kappa shape index (κ3) is 2.29. The summed E-state index contributed by atoms with van der Waals surface area (Å²) in [5.41, 5.74) is 1.77. The minimum absolute atomic E-state index is 0.135. The molecule has 4 aliphatic heterocycles. The molecule has 0 spiro atoms. The number of methoxy groups -OCH3 is 1. The molecule has 4 saturated heterocycles. The van der Waals surface area contributed by atoms with Crippen molar-refractivity contribution in [1.29, 1.82) is 0 Å². The van der Waals surface area contributed by atoms with Gasteiger partial charge in [0.15, 0.2) is 11.6 Å². The second-order valence-electron chi connectivity index (χ2n) is 6.75. The topological polar surface area (TPSA) is 29.5 Å². The number of fused-ring (bicyclic) bond motifs is 1. The van der Waals surface area contributed by atoms with Crippen LogP contribution in [0.1, 0.15) is 24.8 Å². The van der Waals surface area contributed by atoms with Crippen LogP contribution in [0, 0.1) is 23.5 Å². The minimum Gasteiger partial charge on any atom is -0.469 e. The quantitative estimate of drug-likeness (QED) is 0.785. The van der Waals surface area contributed by atoms with Crippen LogP contribution in [0.4, 0.5) is 8.78 Å². The Kier molecular flexibility index (Phi) is 3.48. The number of rotatable bonds is 2. The van der Waals surface area contributed by atoms with E-state index in [1.54, 1.807) is 6.07 Å². The van der Waals surface area contributed by atoms with Gasteiger partial charge in [0, 0.05) is 18.6 Å². The normalized spacial score (nSPS) is 36.5. The second-order valence-corrected chi connectivity index (χ2v) is 6.75. The fraction of sp³-hybridized carbons (Fsp3) is 0.500. The van der Waals surface area contributed by atoms with E-state index >= 15 is 0 Å². The van der Waals surface area contributed by atoms with Gasteiger partial charge in [0.05, 0.1) is 13.0 Å². The lowest BCUT2D eigenvalue weighted by Gasteiger charge is -2.50. The van der Waals surface area contributed by atoms with E-state index in [9.17, 15) is 13.6 Å². The summed E-state index contributed by atoms with van der Waals surface area (Å²) >= 11 is 0. The fourth-order valence-corrected chi connectivity index (χ4v) is 4.70. The molecule has 0 aromatic heterocycles. The molecule has 0 N–H and O–H groups in total. The molecule has 4 fully saturated rings. The summed E-state index contributed by atoms with van der Waals surface area (Å²) in [6.07, 6.45) is 5.03. The Morgan fingerprint density at radius 3 is 2.87 bits per heavy atom. The van der Waals surface area contributed by atoms with E-state index < -0.39 is 11.6 Å². The van der Waals surface area contributed by atoms with Crippen LogP contribution in [0.25, 0.3) is 6.08 Å². The van der Waals surface area contributed by atoms with Crippen LogP contribution in [-0.4, -0.2) is 36.6 Å². The molecule has 0 radical (unpaired) electrons. The molecule has 122 valence electrons. The van der Waals surface area contributed by atoms with Crippen molar-refractivity contribution in [3.63, 3.8) is 0 Å². The van der Waals surface area contributed by atoms with Gasteiger partial charge < -0.3 is 4.74 Å². The molecule has 5 atom stereocenters. The van der Waals surface area contributed by atoms with Crippen LogP contribution in [0.15, 0.2) is 23.8 Å². The maximum atomic E-state index is 13.4. The molecule has 4 aliphatic rings. The minimum atomic E-state index is -0.842. The van der Waals surface area contributed by atoms with Crippen LogP contribution < -0.4 is 0 Å². The van der Waals surface area contributed by atoms with Crippen molar-refractivity contribution >= 4 is 12.0 Å². The van der Waals surface area contributed by atoms with Crippen molar-refractivity contribution in [3.05, 3.63) is 41.0 Å². The van der Waals surface area contributed by atoms with Crippen molar-refractivity contribution in [2.45, 2.75) is 31.3 Å². The van der Waals surface area contributed by atoms with Gasteiger partial charge in [0.1, 0.15) is 0 Å². The number of carbonyl (C=O) groups is 1. The summed E-state index contributed by atoms with van der Waals surface area (Å²) in [7, 11) is 1.44. The number of ether oxygens (including phenoxy) is 1. The fourth-order valence-electron chi connectivity index (χ4n) is 4.70. The molecule has 1 aromatic rings. The van der Waals surface area contributed by atoms with E-state index in [-0.39, 0.29) is 23.8 Å². The van der Waals surface area contributed by atoms with Crippen molar-refractivity contribution in [2.75, 3.05) is 13.7 Å². The predicted molar refractivity (Wildman–Crippen MR) is 81.5 cm³/mol. The first-order valence-corrected chi connectivity index (χ1v) is 8.07. The van der Waals surface area contributed by atoms with Crippen LogP contribution in [0.3, 0.4) is 0 Å². The van der Waals surface area contributed by atoms with Crippen LogP contribution >= 0.6 is 0 Å². The number of hydrogen-bond donors (Lipinski definition) is 0. The Morgan fingerprint density at radius 2 is 2.13 bits per heavy atom. The Bertz CT molecular complexity index is 688. The number of esters is 1.